The van der Waals surface area contributed by atoms with Crippen LogP contribution >= 0.6 is 11.3 Å². The van der Waals surface area contributed by atoms with Crippen LogP contribution in [0, 0.1) is 0 Å². The van der Waals surface area contributed by atoms with Crippen molar-refractivity contribution in [3.8, 4) is 10.6 Å². The molecule has 3 nitrogen and oxygen atoms in total. The number of halogens is 3. The molecule has 0 atom stereocenters. The quantitative estimate of drug-likeness (QED) is 0.654. The van der Waals surface area contributed by atoms with E-state index in [9.17, 15) is 13.2 Å². The van der Waals surface area contributed by atoms with Crippen LogP contribution in [0.1, 0.15) is 16.1 Å². The molecular formula is C17H13F3N2OS. The zero-order chi connectivity index (χ0) is 17.0. The Morgan fingerprint density at radius 1 is 0.875 bits per heavy atom. The van der Waals surface area contributed by atoms with Gasteiger partial charge in [-0.1, -0.05) is 53.8 Å². The van der Waals surface area contributed by atoms with Crippen LogP contribution in [-0.2, 0) is 24.1 Å². The first-order valence-corrected chi connectivity index (χ1v) is 7.96. The number of hydrogen-bond donors (Lipinski definition) is 0. The molecule has 0 amide bonds. The molecule has 0 aliphatic carbocycles. The third-order valence-corrected chi connectivity index (χ3v) is 4.21. The summed E-state index contributed by atoms with van der Waals surface area (Å²) in [5.74, 6) is 0. The highest BCUT2D eigenvalue weighted by Crippen LogP contribution is 2.31. The lowest BCUT2D eigenvalue weighted by Gasteiger charge is -2.06. The van der Waals surface area contributed by atoms with Crippen molar-refractivity contribution in [1.82, 2.24) is 10.2 Å². The summed E-state index contributed by atoms with van der Waals surface area (Å²) in [4.78, 5) is 0. The molecular weight excluding hydrogens is 337 g/mol. The highest BCUT2D eigenvalue weighted by molar-refractivity contribution is 7.14. The maximum Gasteiger partial charge on any atom is 0.416 e. The Bertz CT molecular complexity index is 786. The summed E-state index contributed by atoms with van der Waals surface area (Å²) in [5, 5.41) is 9.28. The van der Waals surface area contributed by atoms with Crippen LogP contribution in [0.15, 0.2) is 54.6 Å². The van der Waals surface area contributed by atoms with Crippen molar-refractivity contribution in [3.05, 3.63) is 70.7 Å². The molecule has 3 rings (SSSR count). The lowest BCUT2D eigenvalue weighted by molar-refractivity contribution is -0.137. The van der Waals surface area contributed by atoms with Gasteiger partial charge in [-0.3, -0.25) is 0 Å². The molecule has 1 heterocycles. The van der Waals surface area contributed by atoms with Crippen LogP contribution in [0.2, 0.25) is 0 Å². The van der Waals surface area contributed by atoms with E-state index in [0.717, 1.165) is 17.7 Å². The summed E-state index contributed by atoms with van der Waals surface area (Å²) in [5.41, 5.74) is 0.988. The number of aromatic nitrogens is 2. The predicted molar refractivity (Wildman–Crippen MR) is 85.3 cm³/mol. The number of rotatable bonds is 5. The fourth-order valence-corrected chi connectivity index (χ4v) is 2.84. The van der Waals surface area contributed by atoms with Crippen LogP contribution in [0.4, 0.5) is 13.2 Å². The van der Waals surface area contributed by atoms with E-state index in [1.54, 1.807) is 0 Å². The van der Waals surface area contributed by atoms with E-state index in [-0.39, 0.29) is 0 Å². The summed E-state index contributed by atoms with van der Waals surface area (Å²) in [6, 6.07) is 14.6. The SMILES string of the molecule is FC(F)(F)c1ccc(-c2nnc(COCc3ccccc3)s2)cc1. The van der Waals surface area contributed by atoms with Crippen LogP contribution in [-0.4, -0.2) is 10.2 Å². The number of benzene rings is 2. The zero-order valence-corrected chi connectivity index (χ0v) is 13.3. The van der Waals surface area contributed by atoms with E-state index < -0.39 is 11.7 Å². The molecule has 0 aliphatic heterocycles. The highest BCUT2D eigenvalue weighted by Gasteiger charge is 2.30. The molecule has 7 heteroatoms. The van der Waals surface area contributed by atoms with Gasteiger partial charge in [0.2, 0.25) is 0 Å². The average Bonchev–Trinajstić information content (AvgIpc) is 3.04. The van der Waals surface area contributed by atoms with E-state index in [1.165, 1.54) is 23.5 Å². The molecule has 0 fully saturated rings. The van der Waals surface area contributed by atoms with E-state index in [0.29, 0.717) is 28.8 Å². The first-order chi connectivity index (χ1) is 11.5. The maximum atomic E-state index is 12.6. The maximum absolute atomic E-state index is 12.6. The first kappa shape index (κ1) is 16.6. The number of ether oxygens (including phenoxy) is 1. The summed E-state index contributed by atoms with van der Waals surface area (Å²) >= 11 is 1.31. The molecule has 3 aromatic rings. The second kappa shape index (κ2) is 7.11. The molecule has 2 aromatic carbocycles. The van der Waals surface area contributed by atoms with Gasteiger partial charge < -0.3 is 4.74 Å². The number of hydrogen-bond acceptors (Lipinski definition) is 4. The van der Waals surface area contributed by atoms with Crippen molar-refractivity contribution < 1.29 is 17.9 Å². The van der Waals surface area contributed by atoms with E-state index in [2.05, 4.69) is 10.2 Å². The van der Waals surface area contributed by atoms with Gasteiger partial charge in [0.05, 0.1) is 12.2 Å². The van der Waals surface area contributed by atoms with Gasteiger partial charge >= 0.3 is 6.18 Å². The van der Waals surface area contributed by atoms with Crippen molar-refractivity contribution in [2.45, 2.75) is 19.4 Å². The van der Waals surface area contributed by atoms with E-state index in [4.69, 9.17) is 4.74 Å². The Balaban J connectivity index is 1.61. The summed E-state index contributed by atoms with van der Waals surface area (Å²) in [6.45, 7) is 0.781. The minimum atomic E-state index is -4.34. The van der Waals surface area contributed by atoms with Crippen molar-refractivity contribution in [2.75, 3.05) is 0 Å². The van der Waals surface area contributed by atoms with Gasteiger partial charge in [0.25, 0.3) is 0 Å². The molecule has 24 heavy (non-hydrogen) atoms. The minimum Gasteiger partial charge on any atom is -0.370 e. The molecule has 124 valence electrons. The molecule has 0 saturated carbocycles. The van der Waals surface area contributed by atoms with E-state index in [1.807, 2.05) is 30.3 Å². The van der Waals surface area contributed by atoms with Gasteiger partial charge in [-0.25, -0.2) is 0 Å². The topological polar surface area (TPSA) is 35.0 Å². The summed E-state index contributed by atoms with van der Waals surface area (Å²) in [6.07, 6.45) is -4.34. The van der Waals surface area contributed by atoms with Gasteiger partial charge in [0.1, 0.15) is 16.6 Å². The largest absolute Gasteiger partial charge is 0.416 e. The molecule has 0 aliphatic rings. The van der Waals surface area contributed by atoms with Gasteiger partial charge in [-0.15, -0.1) is 10.2 Å². The second-order valence-electron chi connectivity index (χ2n) is 5.05. The molecule has 0 unspecified atom stereocenters. The number of nitrogens with zero attached hydrogens (tertiary/aromatic N) is 2. The molecule has 1 aromatic heterocycles. The Morgan fingerprint density at radius 3 is 2.25 bits per heavy atom. The van der Waals surface area contributed by atoms with Gasteiger partial charge in [0.15, 0.2) is 0 Å². The van der Waals surface area contributed by atoms with Crippen LogP contribution in [0.5, 0.6) is 0 Å². The Kier molecular flexibility index (Phi) is 4.92. The molecule has 0 saturated heterocycles. The van der Waals surface area contributed by atoms with Crippen LogP contribution in [0.3, 0.4) is 0 Å². The molecule has 0 bridgehead atoms. The fourth-order valence-electron chi connectivity index (χ4n) is 2.06. The smallest absolute Gasteiger partial charge is 0.370 e. The monoisotopic (exact) mass is 350 g/mol. The number of alkyl halides is 3. The fraction of sp³-hybridized carbons (Fsp3) is 0.176. The lowest BCUT2D eigenvalue weighted by atomic mass is 10.1. The third-order valence-electron chi connectivity index (χ3n) is 3.26. The van der Waals surface area contributed by atoms with Crippen molar-refractivity contribution in [2.24, 2.45) is 0 Å². The van der Waals surface area contributed by atoms with Crippen LogP contribution < -0.4 is 0 Å². The van der Waals surface area contributed by atoms with Crippen molar-refractivity contribution in [3.63, 3.8) is 0 Å². The standard InChI is InChI=1S/C17H13F3N2OS/c18-17(19,20)14-8-6-13(7-9-14)16-22-21-15(24-16)11-23-10-12-4-2-1-3-5-12/h1-9H,10-11H2. The van der Waals surface area contributed by atoms with Crippen molar-refractivity contribution in [1.29, 1.82) is 0 Å². The van der Waals surface area contributed by atoms with Gasteiger partial charge in [-0.05, 0) is 17.7 Å². The normalized spacial score (nSPS) is 11.6. The van der Waals surface area contributed by atoms with Crippen molar-refractivity contribution >= 4 is 11.3 Å². The summed E-state index contributed by atoms with van der Waals surface area (Å²) in [7, 11) is 0. The Labute approximate surface area is 140 Å². The van der Waals surface area contributed by atoms with Gasteiger partial charge in [0, 0.05) is 5.56 Å². The highest BCUT2D eigenvalue weighted by atomic mass is 32.1. The Hall–Kier alpha value is -2.25. The minimum absolute atomic E-state index is 0.313. The van der Waals surface area contributed by atoms with Gasteiger partial charge in [-0.2, -0.15) is 13.2 Å². The van der Waals surface area contributed by atoms with Crippen LogP contribution in [0.25, 0.3) is 10.6 Å². The average molecular weight is 350 g/mol. The first-order valence-electron chi connectivity index (χ1n) is 7.14. The second-order valence-corrected chi connectivity index (χ2v) is 6.12. The third kappa shape index (κ3) is 4.18. The zero-order valence-electron chi connectivity index (χ0n) is 12.5. The molecule has 0 spiro atoms. The predicted octanol–water partition coefficient (Wildman–Crippen LogP) is 4.94. The Morgan fingerprint density at radius 2 is 1.58 bits per heavy atom. The van der Waals surface area contributed by atoms with E-state index >= 15 is 0 Å². The molecule has 0 radical (unpaired) electrons. The lowest BCUT2D eigenvalue weighted by Crippen LogP contribution is -2.03. The molecule has 0 N–H and O–H groups in total. The summed E-state index contributed by atoms with van der Waals surface area (Å²) < 4.78 is 43.3.